The number of pyridine rings is 1. The van der Waals surface area contributed by atoms with Gasteiger partial charge in [-0.05, 0) is 18.2 Å². The van der Waals surface area contributed by atoms with Crippen molar-refractivity contribution < 1.29 is 32.2 Å². The minimum Gasteiger partial charge on any atom is -0.495 e. The Balaban J connectivity index is 1.81. The van der Waals surface area contributed by atoms with E-state index in [0.717, 1.165) is 0 Å². The smallest absolute Gasteiger partial charge is 0.417 e. The summed E-state index contributed by atoms with van der Waals surface area (Å²) in [7, 11) is 2.88. The summed E-state index contributed by atoms with van der Waals surface area (Å²) in [5.41, 5.74) is -0.776. The van der Waals surface area contributed by atoms with E-state index in [0.29, 0.717) is 18.0 Å². The molecule has 1 saturated heterocycles. The molecule has 1 atom stereocenters. The van der Waals surface area contributed by atoms with Gasteiger partial charge >= 0.3 is 12.2 Å². The molecule has 1 aliphatic heterocycles. The van der Waals surface area contributed by atoms with Crippen molar-refractivity contribution in [2.45, 2.75) is 12.2 Å². The Morgan fingerprint density at radius 1 is 1.37 bits per heavy atom. The van der Waals surface area contributed by atoms with Crippen molar-refractivity contribution in [3.63, 3.8) is 0 Å². The number of anilines is 1. The zero-order valence-electron chi connectivity index (χ0n) is 15.7. The molecule has 2 heterocycles. The molecular weight excluding hydrogens is 429 g/mol. The first kappa shape index (κ1) is 21.5. The molecule has 160 valence electrons. The van der Waals surface area contributed by atoms with Crippen LogP contribution in [0, 0.1) is 0 Å². The molecule has 8 nitrogen and oxygen atoms in total. The van der Waals surface area contributed by atoms with Gasteiger partial charge in [-0.2, -0.15) is 13.2 Å². The van der Waals surface area contributed by atoms with Crippen LogP contribution in [0.25, 0.3) is 0 Å². The molecule has 1 fully saturated rings. The number of ether oxygens (including phenoxy) is 2. The van der Waals surface area contributed by atoms with Crippen molar-refractivity contribution >= 4 is 29.2 Å². The van der Waals surface area contributed by atoms with Gasteiger partial charge in [0.2, 0.25) is 11.8 Å². The van der Waals surface area contributed by atoms with Crippen LogP contribution in [0.1, 0.15) is 5.56 Å². The van der Waals surface area contributed by atoms with E-state index >= 15 is 0 Å². The lowest BCUT2D eigenvalue weighted by Crippen LogP contribution is -2.40. The van der Waals surface area contributed by atoms with E-state index in [2.05, 4.69) is 15.6 Å². The van der Waals surface area contributed by atoms with Crippen LogP contribution in [0.5, 0.6) is 17.4 Å². The average Bonchev–Trinajstić information content (AvgIpc) is 3.01. The molecule has 0 bridgehead atoms. The summed E-state index contributed by atoms with van der Waals surface area (Å²) in [6, 6.07) is 3.97. The maximum atomic E-state index is 12.7. The van der Waals surface area contributed by atoms with Gasteiger partial charge < -0.3 is 25.0 Å². The van der Waals surface area contributed by atoms with Crippen molar-refractivity contribution in [1.29, 1.82) is 0 Å². The third kappa shape index (κ3) is 4.51. The average molecular weight is 445 g/mol. The number of nitrogens with zero attached hydrogens (tertiary/aromatic N) is 2. The summed E-state index contributed by atoms with van der Waals surface area (Å²) in [6.07, 6.45) is -3.98. The molecule has 3 rings (SSSR count). The van der Waals surface area contributed by atoms with Crippen molar-refractivity contribution in [1.82, 2.24) is 15.2 Å². The highest BCUT2D eigenvalue weighted by Crippen LogP contribution is 2.36. The Bertz CT molecular complexity index is 986. The summed E-state index contributed by atoms with van der Waals surface area (Å²) in [5, 5.41) is 4.86. The Morgan fingerprint density at radius 2 is 2.10 bits per heavy atom. The Morgan fingerprint density at radius 3 is 2.67 bits per heavy atom. The molecule has 2 aromatic rings. The molecule has 0 saturated carbocycles. The molecule has 12 heteroatoms. The number of methoxy groups -OCH3 is 1. The number of aromatic nitrogens is 1. The second-order valence-electron chi connectivity index (χ2n) is 6.27. The molecule has 1 aliphatic rings. The van der Waals surface area contributed by atoms with Gasteiger partial charge in [-0.15, -0.1) is 0 Å². The van der Waals surface area contributed by atoms with Crippen LogP contribution in [0.2, 0.25) is 5.02 Å². The van der Waals surface area contributed by atoms with Crippen molar-refractivity contribution in [3.8, 4) is 17.4 Å². The fourth-order valence-electron chi connectivity index (χ4n) is 2.69. The van der Waals surface area contributed by atoms with Crippen LogP contribution in [0.15, 0.2) is 30.5 Å². The maximum absolute atomic E-state index is 12.7. The molecule has 1 aromatic heterocycles. The SMILES string of the molecule is COc1ccc(Oc2ncc(C(F)(F)F)cc2Cl)cc1NC(=O)[C@@H]1CNC(=O)N1C. The number of nitrogens with one attached hydrogen (secondary N) is 2. The number of hydrogen-bond acceptors (Lipinski definition) is 5. The molecule has 3 amide bonds. The van der Waals surface area contributed by atoms with E-state index in [1.807, 2.05) is 0 Å². The van der Waals surface area contributed by atoms with Crippen LogP contribution in [0.3, 0.4) is 0 Å². The Labute approximate surface area is 173 Å². The van der Waals surface area contributed by atoms with Gasteiger partial charge in [-0.3, -0.25) is 4.79 Å². The lowest BCUT2D eigenvalue weighted by molar-refractivity contribution is -0.137. The van der Waals surface area contributed by atoms with Crippen LogP contribution in [0.4, 0.5) is 23.7 Å². The van der Waals surface area contributed by atoms with Gasteiger partial charge in [0.25, 0.3) is 0 Å². The summed E-state index contributed by atoms with van der Waals surface area (Å²) in [4.78, 5) is 28.9. The minimum atomic E-state index is -4.59. The topological polar surface area (TPSA) is 92.8 Å². The third-order valence-corrected chi connectivity index (χ3v) is 4.59. The highest BCUT2D eigenvalue weighted by Gasteiger charge is 2.34. The summed E-state index contributed by atoms with van der Waals surface area (Å²) in [6.45, 7) is 0.144. The van der Waals surface area contributed by atoms with Gasteiger partial charge in [0.15, 0.2) is 0 Å². The summed E-state index contributed by atoms with van der Waals surface area (Å²) < 4.78 is 48.9. The predicted octanol–water partition coefficient (Wildman–Crippen LogP) is 3.52. The van der Waals surface area contributed by atoms with E-state index in [1.54, 1.807) is 0 Å². The minimum absolute atomic E-state index is 0.144. The zero-order chi connectivity index (χ0) is 22.1. The first-order chi connectivity index (χ1) is 14.1. The number of urea groups is 1. The van der Waals surface area contributed by atoms with E-state index in [1.165, 1.54) is 37.3 Å². The highest BCUT2D eigenvalue weighted by molar-refractivity contribution is 6.31. The number of rotatable bonds is 5. The summed E-state index contributed by atoms with van der Waals surface area (Å²) in [5.74, 6) is -0.245. The molecule has 0 spiro atoms. The number of alkyl halides is 3. The van der Waals surface area contributed by atoms with Gasteiger partial charge in [0.05, 0.1) is 18.4 Å². The second-order valence-corrected chi connectivity index (χ2v) is 6.68. The number of halogens is 4. The number of likely N-dealkylation sites (N-methyl/N-ethyl adjacent to an activating group) is 1. The van der Waals surface area contributed by atoms with Gasteiger partial charge in [-0.1, -0.05) is 11.6 Å². The predicted molar refractivity (Wildman–Crippen MR) is 101 cm³/mol. The molecule has 0 aliphatic carbocycles. The largest absolute Gasteiger partial charge is 0.495 e. The number of benzene rings is 1. The first-order valence-electron chi connectivity index (χ1n) is 8.50. The van der Waals surface area contributed by atoms with Crippen LogP contribution in [-0.2, 0) is 11.0 Å². The fraction of sp³-hybridized carbons (Fsp3) is 0.278. The van der Waals surface area contributed by atoms with E-state index < -0.39 is 23.7 Å². The molecule has 1 aromatic carbocycles. The molecule has 30 heavy (non-hydrogen) atoms. The van der Waals surface area contributed by atoms with Gasteiger partial charge in [0, 0.05) is 25.9 Å². The Hall–Kier alpha value is -3.21. The van der Waals surface area contributed by atoms with Gasteiger partial charge in [0.1, 0.15) is 22.6 Å². The van der Waals surface area contributed by atoms with Crippen LogP contribution in [-0.4, -0.2) is 48.6 Å². The maximum Gasteiger partial charge on any atom is 0.417 e. The molecule has 2 N–H and O–H groups in total. The quantitative estimate of drug-likeness (QED) is 0.736. The lowest BCUT2D eigenvalue weighted by atomic mass is 10.2. The van der Waals surface area contributed by atoms with E-state index in [4.69, 9.17) is 21.1 Å². The normalized spacial score (nSPS) is 16.3. The highest BCUT2D eigenvalue weighted by atomic mass is 35.5. The van der Waals surface area contributed by atoms with E-state index in [9.17, 15) is 22.8 Å². The third-order valence-electron chi connectivity index (χ3n) is 4.32. The number of carbonyl (C=O) groups excluding carboxylic acids is 2. The van der Waals surface area contributed by atoms with Crippen molar-refractivity contribution in [2.24, 2.45) is 0 Å². The van der Waals surface area contributed by atoms with Crippen LogP contribution >= 0.6 is 11.6 Å². The zero-order valence-corrected chi connectivity index (χ0v) is 16.5. The summed E-state index contributed by atoms with van der Waals surface area (Å²) >= 11 is 5.86. The fourth-order valence-corrected chi connectivity index (χ4v) is 2.89. The molecule has 0 unspecified atom stereocenters. The van der Waals surface area contributed by atoms with Crippen LogP contribution < -0.4 is 20.1 Å². The Kier molecular flexibility index (Phi) is 5.92. The monoisotopic (exact) mass is 444 g/mol. The van der Waals surface area contributed by atoms with Crippen molar-refractivity contribution in [2.75, 3.05) is 26.0 Å². The van der Waals surface area contributed by atoms with Gasteiger partial charge in [-0.25, -0.2) is 9.78 Å². The number of hydrogen-bond donors (Lipinski definition) is 2. The number of carbonyl (C=O) groups is 2. The van der Waals surface area contributed by atoms with Crippen molar-refractivity contribution in [3.05, 3.63) is 41.0 Å². The molecular formula is C18H16ClF3N4O4. The molecule has 0 radical (unpaired) electrons. The van der Waals surface area contributed by atoms with E-state index in [-0.39, 0.29) is 34.9 Å². The second kappa shape index (κ2) is 8.27. The standard InChI is InChI=1S/C18H16ClF3N4O4/c1-26-13(8-24-17(26)28)15(27)25-12-6-10(3-4-14(12)29-2)30-16-11(19)5-9(7-23-16)18(20,21)22/h3-7,13H,8H2,1-2H3,(H,24,28)(H,25,27)/t13-/m0/s1. The number of amides is 3. The first-order valence-corrected chi connectivity index (χ1v) is 8.88. The lowest BCUT2D eigenvalue weighted by Gasteiger charge is -2.19.